The maximum atomic E-state index is 11.8. The smallest absolute Gasteiger partial charge is 0.285 e. The molecule has 21 heavy (non-hydrogen) atoms. The van der Waals surface area contributed by atoms with Gasteiger partial charge in [-0.3, -0.25) is 14.9 Å². The molecule has 1 amide bonds. The van der Waals surface area contributed by atoms with E-state index in [9.17, 15) is 14.9 Å². The zero-order chi connectivity index (χ0) is 15.2. The molecule has 0 heterocycles. The van der Waals surface area contributed by atoms with Gasteiger partial charge in [0.05, 0.1) is 15.9 Å². The molecule has 0 aromatic heterocycles. The lowest BCUT2D eigenvalue weighted by Gasteiger charge is -2.08. The van der Waals surface area contributed by atoms with Gasteiger partial charge in [0.1, 0.15) is 0 Å². The van der Waals surface area contributed by atoms with Crippen molar-refractivity contribution in [1.82, 2.24) is 0 Å². The normalized spacial score (nSPS) is 9.95. The molecule has 0 bridgehead atoms. The zero-order valence-electron chi connectivity index (χ0n) is 10.9. The Morgan fingerprint density at radius 1 is 1.14 bits per heavy atom. The third kappa shape index (κ3) is 4.28. The van der Waals surface area contributed by atoms with Gasteiger partial charge in [0.25, 0.3) is 5.69 Å². The van der Waals surface area contributed by atoms with Crippen LogP contribution in [0.1, 0.15) is 0 Å². The van der Waals surface area contributed by atoms with Crippen LogP contribution in [0.5, 0.6) is 0 Å². The van der Waals surface area contributed by atoms with E-state index in [1.807, 2.05) is 30.3 Å². The Hall–Kier alpha value is -2.41. The molecule has 0 unspecified atom stereocenters. The maximum absolute atomic E-state index is 11.8. The van der Waals surface area contributed by atoms with E-state index in [4.69, 9.17) is 0 Å². The Morgan fingerprint density at radius 2 is 1.86 bits per heavy atom. The number of amides is 1. The number of para-hydroxylation sites is 1. The number of hydrogen-bond donors (Lipinski definition) is 2. The predicted octanol–water partition coefficient (Wildman–Crippen LogP) is 3.41. The van der Waals surface area contributed by atoms with E-state index in [0.29, 0.717) is 10.2 Å². The van der Waals surface area contributed by atoms with Crippen LogP contribution in [0, 0.1) is 10.1 Å². The largest absolute Gasteiger partial charge is 0.376 e. The summed E-state index contributed by atoms with van der Waals surface area (Å²) in [7, 11) is 0. The Balaban J connectivity index is 1.97. The first-order valence-electron chi connectivity index (χ1n) is 6.09. The molecule has 0 spiro atoms. The molecule has 0 saturated heterocycles. The van der Waals surface area contributed by atoms with Gasteiger partial charge in [-0.2, -0.15) is 0 Å². The molecule has 0 radical (unpaired) electrons. The van der Waals surface area contributed by atoms with Gasteiger partial charge in [-0.1, -0.05) is 18.2 Å². The second kappa shape index (κ2) is 6.85. The monoisotopic (exact) mass is 349 g/mol. The van der Waals surface area contributed by atoms with Gasteiger partial charge in [-0.05, 0) is 40.2 Å². The number of nitrogens with zero attached hydrogens (tertiary/aromatic N) is 1. The van der Waals surface area contributed by atoms with Gasteiger partial charge in [0, 0.05) is 17.4 Å². The summed E-state index contributed by atoms with van der Waals surface area (Å²) in [5, 5.41) is 16.4. The summed E-state index contributed by atoms with van der Waals surface area (Å²) < 4.78 is 0.368. The van der Waals surface area contributed by atoms with E-state index in [-0.39, 0.29) is 18.1 Å². The first-order valence-corrected chi connectivity index (χ1v) is 6.88. The van der Waals surface area contributed by atoms with Gasteiger partial charge < -0.3 is 10.6 Å². The lowest BCUT2D eigenvalue weighted by molar-refractivity contribution is -0.385. The van der Waals surface area contributed by atoms with Crippen LogP contribution in [0.25, 0.3) is 0 Å². The molecule has 0 aliphatic carbocycles. The molecule has 2 N–H and O–H groups in total. The van der Waals surface area contributed by atoms with Crippen LogP contribution >= 0.6 is 15.9 Å². The van der Waals surface area contributed by atoms with Gasteiger partial charge >= 0.3 is 0 Å². The third-order valence-electron chi connectivity index (χ3n) is 2.65. The Kier molecular flexibility index (Phi) is 4.89. The highest BCUT2D eigenvalue weighted by Gasteiger charge is 2.13. The van der Waals surface area contributed by atoms with Crippen molar-refractivity contribution in [3.63, 3.8) is 0 Å². The van der Waals surface area contributed by atoms with Crippen LogP contribution < -0.4 is 10.6 Å². The van der Waals surface area contributed by atoms with E-state index in [2.05, 4.69) is 26.6 Å². The summed E-state index contributed by atoms with van der Waals surface area (Å²) in [4.78, 5) is 22.1. The molecular weight excluding hydrogens is 338 g/mol. The summed E-state index contributed by atoms with van der Waals surface area (Å²) in [5.41, 5.74) is 1.11. The lowest BCUT2D eigenvalue weighted by Crippen LogP contribution is -2.21. The molecule has 6 nitrogen and oxygen atoms in total. The molecule has 2 aromatic rings. The summed E-state index contributed by atoms with van der Waals surface area (Å²) >= 11 is 3.09. The summed E-state index contributed by atoms with van der Waals surface area (Å²) in [6.07, 6.45) is 0. The Bertz CT molecular complexity index is 662. The highest BCUT2D eigenvalue weighted by Crippen LogP contribution is 2.27. The first-order chi connectivity index (χ1) is 10.1. The topological polar surface area (TPSA) is 84.3 Å². The van der Waals surface area contributed by atoms with Crippen molar-refractivity contribution in [3.8, 4) is 0 Å². The molecular formula is C14H12BrN3O3. The molecule has 0 aliphatic heterocycles. The molecule has 0 saturated carbocycles. The van der Waals surface area contributed by atoms with Crippen molar-refractivity contribution in [3.05, 3.63) is 63.1 Å². The molecule has 2 rings (SSSR count). The van der Waals surface area contributed by atoms with Crippen LogP contribution in [0.4, 0.5) is 17.1 Å². The molecule has 0 aliphatic rings. The highest BCUT2D eigenvalue weighted by atomic mass is 79.9. The maximum Gasteiger partial charge on any atom is 0.285 e. The zero-order valence-corrected chi connectivity index (χ0v) is 12.5. The van der Waals surface area contributed by atoms with Crippen LogP contribution in [0.2, 0.25) is 0 Å². The van der Waals surface area contributed by atoms with Crippen molar-refractivity contribution in [2.24, 2.45) is 0 Å². The number of carbonyl (C=O) groups excluding carboxylic acids is 1. The number of rotatable bonds is 5. The number of halogens is 1. The number of nitrogens with one attached hydrogen (secondary N) is 2. The molecule has 2 aromatic carbocycles. The molecule has 7 heteroatoms. The minimum absolute atomic E-state index is 0.0773. The van der Waals surface area contributed by atoms with Crippen LogP contribution in [-0.4, -0.2) is 17.4 Å². The van der Waals surface area contributed by atoms with E-state index in [1.54, 1.807) is 6.07 Å². The van der Waals surface area contributed by atoms with Crippen molar-refractivity contribution in [2.45, 2.75) is 0 Å². The summed E-state index contributed by atoms with van der Waals surface area (Å²) in [5.74, 6) is -0.282. The second-order valence-corrected chi connectivity index (χ2v) is 5.05. The number of nitro groups is 1. The van der Waals surface area contributed by atoms with E-state index in [1.165, 1.54) is 12.1 Å². The summed E-state index contributed by atoms with van der Waals surface area (Å²) in [6.45, 7) is 0.0773. The van der Waals surface area contributed by atoms with E-state index >= 15 is 0 Å². The average molecular weight is 350 g/mol. The lowest BCUT2D eigenvalue weighted by atomic mass is 10.3. The summed E-state index contributed by atoms with van der Waals surface area (Å²) in [6, 6.07) is 13.7. The molecule has 108 valence electrons. The average Bonchev–Trinajstić information content (AvgIpc) is 2.48. The predicted molar refractivity (Wildman–Crippen MR) is 84.4 cm³/mol. The fourth-order valence-corrected chi connectivity index (χ4v) is 2.07. The SMILES string of the molecule is O=C(CNc1ccccc1)Nc1ccc(Br)c([N+](=O)[O-])c1. The minimum Gasteiger partial charge on any atom is -0.376 e. The van der Waals surface area contributed by atoms with E-state index in [0.717, 1.165) is 5.69 Å². The number of carbonyl (C=O) groups is 1. The van der Waals surface area contributed by atoms with Gasteiger partial charge in [-0.25, -0.2) is 0 Å². The van der Waals surface area contributed by atoms with Crippen LogP contribution in [-0.2, 0) is 4.79 Å². The number of nitro benzene ring substituents is 1. The van der Waals surface area contributed by atoms with Gasteiger partial charge in [0.2, 0.25) is 5.91 Å². The number of anilines is 2. The highest BCUT2D eigenvalue weighted by molar-refractivity contribution is 9.10. The van der Waals surface area contributed by atoms with E-state index < -0.39 is 4.92 Å². The minimum atomic E-state index is -0.512. The van der Waals surface area contributed by atoms with Crippen LogP contribution in [0.3, 0.4) is 0 Å². The fourth-order valence-electron chi connectivity index (χ4n) is 1.67. The number of hydrogen-bond acceptors (Lipinski definition) is 4. The van der Waals surface area contributed by atoms with Crippen molar-refractivity contribution in [1.29, 1.82) is 0 Å². The fraction of sp³-hybridized carbons (Fsp3) is 0.0714. The quantitative estimate of drug-likeness (QED) is 0.639. The van der Waals surface area contributed by atoms with Crippen molar-refractivity contribution < 1.29 is 9.72 Å². The Labute approximate surface area is 129 Å². The van der Waals surface area contributed by atoms with Crippen molar-refractivity contribution >= 4 is 38.9 Å². The van der Waals surface area contributed by atoms with Gasteiger partial charge in [-0.15, -0.1) is 0 Å². The van der Waals surface area contributed by atoms with Crippen molar-refractivity contribution in [2.75, 3.05) is 17.2 Å². The Morgan fingerprint density at radius 3 is 2.52 bits per heavy atom. The standard InChI is InChI=1S/C14H12BrN3O3/c15-12-7-6-11(8-13(12)18(20)21)17-14(19)9-16-10-4-2-1-3-5-10/h1-8,16H,9H2,(H,17,19). The van der Waals surface area contributed by atoms with Crippen LogP contribution in [0.15, 0.2) is 53.0 Å². The number of benzene rings is 2. The molecule has 0 atom stereocenters. The first kappa shape index (κ1) is 15.0. The third-order valence-corrected chi connectivity index (χ3v) is 3.32. The molecule has 0 fully saturated rings. The van der Waals surface area contributed by atoms with Gasteiger partial charge in [0.15, 0.2) is 0 Å². The second-order valence-electron chi connectivity index (χ2n) is 4.19.